The number of hydrogen-bond donors (Lipinski definition) is 0. The minimum absolute atomic E-state index is 0.152. The fourth-order valence-electron chi connectivity index (χ4n) is 3.78. The minimum atomic E-state index is -0.763. The van der Waals surface area contributed by atoms with E-state index >= 15 is 0 Å². The molecule has 1 aromatic carbocycles. The van der Waals surface area contributed by atoms with Crippen LogP contribution in [-0.2, 0) is 20.8 Å². The summed E-state index contributed by atoms with van der Waals surface area (Å²) < 4.78 is 14.8. The molecule has 3 heterocycles. The first-order valence-electron chi connectivity index (χ1n) is 10.1. The van der Waals surface area contributed by atoms with Crippen LogP contribution in [0.3, 0.4) is 0 Å². The predicted octanol–water partition coefficient (Wildman–Crippen LogP) is 1.65. The van der Waals surface area contributed by atoms with Crippen molar-refractivity contribution in [3.63, 3.8) is 0 Å². The molecule has 2 atom stereocenters. The van der Waals surface area contributed by atoms with Gasteiger partial charge in [0.15, 0.2) is 11.2 Å². The molecule has 0 radical (unpaired) electrons. The molecule has 9 nitrogen and oxygen atoms in total. The number of fused-ring (bicyclic) bond motifs is 1. The highest BCUT2D eigenvalue weighted by Crippen LogP contribution is 2.19. The van der Waals surface area contributed by atoms with Crippen molar-refractivity contribution in [1.82, 2.24) is 18.7 Å². The molecule has 1 aliphatic rings. The number of imidazole rings is 1. The highest BCUT2D eigenvalue weighted by Gasteiger charge is 2.26. The van der Waals surface area contributed by atoms with Crippen molar-refractivity contribution in [1.29, 1.82) is 0 Å². The quantitative estimate of drug-likeness (QED) is 0.571. The number of esters is 1. The van der Waals surface area contributed by atoms with Gasteiger partial charge in [-0.15, -0.1) is 0 Å². The van der Waals surface area contributed by atoms with Crippen LogP contribution < -0.4 is 11.2 Å². The summed E-state index contributed by atoms with van der Waals surface area (Å²) in [4.78, 5) is 43.3. The Balaban J connectivity index is 1.96. The normalized spacial score (nSPS) is 17.3. The van der Waals surface area contributed by atoms with Crippen molar-refractivity contribution in [3.8, 4) is 5.69 Å². The molecule has 1 aliphatic heterocycles. The summed E-state index contributed by atoms with van der Waals surface area (Å²) in [6, 6.07) is 8.24. The maximum Gasteiger partial charge on any atom is 0.337 e. The number of ether oxygens (including phenoxy) is 2. The number of hydrogen-bond acceptors (Lipinski definition) is 6. The molecule has 1 fully saturated rings. The van der Waals surface area contributed by atoms with Crippen molar-refractivity contribution >= 4 is 17.1 Å². The zero-order chi connectivity index (χ0) is 21.3. The predicted molar refractivity (Wildman–Crippen MR) is 110 cm³/mol. The monoisotopic (exact) mass is 412 g/mol. The van der Waals surface area contributed by atoms with Gasteiger partial charge in [-0.1, -0.05) is 18.2 Å². The van der Waals surface area contributed by atoms with Crippen LogP contribution in [0.1, 0.15) is 32.7 Å². The van der Waals surface area contributed by atoms with Crippen LogP contribution in [0.5, 0.6) is 0 Å². The first kappa shape index (κ1) is 20.1. The number of aromatic nitrogens is 4. The molecule has 2 aromatic heterocycles. The number of carbonyl (C=O) groups is 1. The van der Waals surface area contributed by atoms with Gasteiger partial charge < -0.3 is 14.0 Å². The summed E-state index contributed by atoms with van der Waals surface area (Å²) in [6.07, 6.45) is 2.89. The fourth-order valence-corrected chi connectivity index (χ4v) is 3.78. The smallest absolute Gasteiger partial charge is 0.337 e. The van der Waals surface area contributed by atoms with Gasteiger partial charge in [0, 0.05) is 6.61 Å². The zero-order valence-electron chi connectivity index (χ0n) is 17.0. The van der Waals surface area contributed by atoms with E-state index in [4.69, 9.17) is 9.47 Å². The van der Waals surface area contributed by atoms with Crippen molar-refractivity contribution in [2.45, 2.75) is 45.4 Å². The van der Waals surface area contributed by atoms with Crippen LogP contribution in [0.2, 0.25) is 0 Å². The van der Waals surface area contributed by atoms with Crippen molar-refractivity contribution < 1.29 is 14.3 Å². The molecule has 2 unspecified atom stereocenters. The Morgan fingerprint density at radius 3 is 2.73 bits per heavy atom. The number of para-hydroxylation sites is 1. The van der Waals surface area contributed by atoms with Gasteiger partial charge in [0.05, 0.1) is 31.3 Å². The van der Waals surface area contributed by atoms with Gasteiger partial charge in [0.25, 0.3) is 5.56 Å². The Morgan fingerprint density at radius 2 is 2.07 bits per heavy atom. The highest BCUT2D eigenvalue weighted by atomic mass is 16.5. The van der Waals surface area contributed by atoms with E-state index in [1.165, 1.54) is 20.0 Å². The van der Waals surface area contributed by atoms with Gasteiger partial charge in [0.2, 0.25) is 0 Å². The fraction of sp³-hybridized carbons (Fsp3) is 0.429. The average Bonchev–Trinajstić information content (AvgIpc) is 3.42. The lowest BCUT2D eigenvalue weighted by atomic mass is 10.2. The van der Waals surface area contributed by atoms with Gasteiger partial charge >= 0.3 is 11.7 Å². The molecule has 158 valence electrons. The minimum Gasteiger partial charge on any atom is -0.464 e. The zero-order valence-corrected chi connectivity index (χ0v) is 17.0. The summed E-state index contributed by atoms with van der Waals surface area (Å²) in [5, 5.41) is 0. The standard InChI is InChI=1S/C21H24N4O5/c1-3-29-20(27)14(2)24-13-22-18-17(24)19(26)23(12-16-10-7-11-30-16)21(28)25(18)15-8-5-4-6-9-15/h4-6,8-9,13-14,16H,3,7,10-12H2,1-2H3. The molecule has 0 bridgehead atoms. The molecular formula is C21H24N4O5. The highest BCUT2D eigenvalue weighted by molar-refractivity contribution is 5.79. The maximum absolute atomic E-state index is 13.4. The van der Waals surface area contributed by atoms with Crippen LogP contribution in [0.4, 0.5) is 0 Å². The lowest BCUT2D eigenvalue weighted by Crippen LogP contribution is -2.42. The van der Waals surface area contributed by atoms with Crippen molar-refractivity contribution in [3.05, 3.63) is 57.5 Å². The second kappa shape index (κ2) is 8.27. The molecule has 1 saturated heterocycles. The van der Waals surface area contributed by atoms with Crippen LogP contribution in [0.25, 0.3) is 16.9 Å². The first-order chi connectivity index (χ1) is 14.5. The second-order valence-electron chi connectivity index (χ2n) is 7.26. The van der Waals surface area contributed by atoms with Gasteiger partial charge in [-0.25, -0.2) is 19.1 Å². The van der Waals surface area contributed by atoms with E-state index < -0.39 is 23.3 Å². The third kappa shape index (κ3) is 3.45. The SMILES string of the molecule is CCOC(=O)C(C)n1cnc2c1c(=O)n(CC1CCCO1)c(=O)n2-c1ccccc1. The largest absolute Gasteiger partial charge is 0.464 e. The molecule has 0 saturated carbocycles. The molecule has 0 N–H and O–H groups in total. The Hall–Kier alpha value is -3.20. The summed E-state index contributed by atoms with van der Waals surface area (Å²) in [5.74, 6) is -0.473. The van der Waals surface area contributed by atoms with E-state index in [1.54, 1.807) is 38.1 Å². The van der Waals surface area contributed by atoms with Crippen LogP contribution in [-0.4, -0.2) is 44.0 Å². The number of nitrogens with zero attached hydrogens (tertiary/aromatic N) is 4. The lowest BCUT2D eigenvalue weighted by Gasteiger charge is -2.17. The summed E-state index contributed by atoms with van der Waals surface area (Å²) in [6.45, 7) is 4.36. The Kier molecular flexibility index (Phi) is 5.54. The molecule has 4 rings (SSSR count). The third-order valence-corrected chi connectivity index (χ3v) is 5.33. The second-order valence-corrected chi connectivity index (χ2v) is 7.26. The Bertz CT molecular complexity index is 1170. The molecule has 0 aliphatic carbocycles. The van der Waals surface area contributed by atoms with Gasteiger partial charge in [-0.2, -0.15) is 0 Å². The first-order valence-corrected chi connectivity index (χ1v) is 10.1. The Morgan fingerprint density at radius 1 is 1.30 bits per heavy atom. The van der Waals surface area contributed by atoms with Gasteiger partial charge in [-0.05, 0) is 38.8 Å². The van der Waals surface area contributed by atoms with Crippen LogP contribution >= 0.6 is 0 Å². The average molecular weight is 412 g/mol. The van der Waals surface area contributed by atoms with E-state index in [-0.39, 0.29) is 30.4 Å². The molecule has 9 heteroatoms. The van der Waals surface area contributed by atoms with E-state index in [1.807, 2.05) is 6.07 Å². The number of benzene rings is 1. The molecule has 0 amide bonds. The molecule has 30 heavy (non-hydrogen) atoms. The van der Waals surface area contributed by atoms with Crippen molar-refractivity contribution in [2.75, 3.05) is 13.2 Å². The van der Waals surface area contributed by atoms with E-state index in [9.17, 15) is 14.4 Å². The summed E-state index contributed by atoms with van der Waals surface area (Å²) in [5.41, 5.74) is -0.00913. The topological polar surface area (TPSA) is 97.4 Å². The van der Waals surface area contributed by atoms with Crippen LogP contribution in [0, 0.1) is 0 Å². The molecular weight excluding hydrogens is 388 g/mol. The van der Waals surface area contributed by atoms with E-state index in [0.717, 1.165) is 12.8 Å². The van der Waals surface area contributed by atoms with Gasteiger partial charge in [-0.3, -0.25) is 9.36 Å². The summed E-state index contributed by atoms with van der Waals surface area (Å²) >= 11 is 0. The molecule has 3 aromatic rings. The van der Waals surface area contributed by atoms with E-state index in [2.05, 4.69) is 4.98 Å². The summed E-state index contributed by atoms with van der Waals surface area (Å²) in [7, 11) is 0. The van der Waals surface area contributed by atoms with Crippen molar-refractivity contribution in [2.24, 2.45) is 0 Å². The number of rotatable bonds is 6. The maximum atomic E-state index is 13.4. The number of carbonyl (C=O) groups excluding carboxylic acids is 1. The third-order valence-electron chi connectivity index (χ3n) is 5.33. The lowest BCUT2D eigenvalue weighted by molar-refractivity contribution is -0.146. The van der Waals surface area contributed by atoms with Gasteiger partial charge in [0.1, 0.15) is 6.04 Å². The van der Waals surface area contributed by atoms with E-state index in [0.29, 0.717) is 12.3 Å². The Labute approximate surface area is 172 Å². The van der Waals surface area contributed by atoms with Crippen LogP contribution in [0.15, 0.2) is 46.2 Å². The molecule has 0 spiro atoms.